The molecule has 0 saturated heterocycles. The number of rotatable bonds is 8. The fourth-order valence-electron chi connectivity index (χ4n) is 3.28. The molecule has 1 aliphatic rings. The maximum absolute atomic E-state index is 13.0. The normalized spacial score (nSPS) is 20.0. The number of allylic oxidation sites excluding steroid dienone is 3. The van der Waals surface area contributed by atoms with Crippen LogP contribution in [0.1, 0.15) is 32.3 Å². The summed E-state index contributed by atoms with van der Waals surface area (Å²) in [6.07, 6.45) is 7.91. The summed E-state index contributed by atoms with van der Waals surface area (Å²) in [5, 5.41) is 13.5. The number of hydrogen-bond donors (Lipinski definition) is 2. The molecule has 3 unspecified atom stereocenters. The van der Waals surface area contributed by atoms with Crippen LogP contribution in [0.15, 0.2) is 67.1 Å². The molecule has 3 rings (SSSR count). The summed E-state index contributed by atoms with van der Waals surface area (Å²) in [6.45, 7) is 11.5. The van der Waals surface area contributed by atoms with Crippen molar-refractivity contribution >= 4 is 28.2 Å². The van der Waals surface area contributed by atoms with E-state index in [9.17, 15) is 14.3 Å². The zero-order valence-corrected chi connectivity index (χ0v) is 17.2. The lowest BCUT2D eigenvalue weighted by molar-refractivity contribution is -0.117. The van der Waals surface area contributed by atoms with Gasteiger partial charge in [0.1, 0.15) is 12.0 Å². The second-order valence-corrected chi connectivity index (χ2v) is 7.48. The molecule has 2 aromatic heterocycles. The van der Waals surface area contributed by atoms with Crippen molar-refractivity contribution < 1.29 is 14.3 Å². The minimum atomic E-state index is -1.05. The number of amides is 1. The number of alkyl halides is 1. The van der Waals surface area contributed by atoms with E-state index >= 15 is 0 Å². The van der Waals surface area contributed by atoms with Crippen molar-refractivity contribution in [3.63, 3.8) is 0 Å². The van der Waals surface area contributed by atoms with Crippen molar-refractivity contribution in [1.82, 2.24) is 9.97 Å². The molecule has 2 heterocycles. The van der Waals surface area contributed by atoms with Gasteiger partial charge in [-0.3, -0.25) is 9.78 Å². The molecule has 0 bridgehead atoms. The number of aliphatic hydroxyl groups excluding tert-OH is 1. The Morgan fingerprint density at radius 1 is 1.40 bits per heavy atom. The van der Waals surface area contributed by atoms with Gasteiger partial charge in [-0.05, 0) is 49.5 Å². The Morgan fingerprint density at radius 2 is 2.13 bits per heavy atom. The molecule has 2 N–H and O–H groups in total. The van der Waals surface area contributed by atoms with Crippen molar-refractivity contribution in [2.45, 2.75) is 39.0 Å². The van der Waals surface area contributed by atoms with Crippen LogP contribution in [0.4, 0.5) is 10.2 Å². The summed E-state index contributed by atoms with van der Waals surface area (Å²) in [5.41, 5.74) is 4.13. The van der Waals surface area contributed by atoms with Crippen LogP contribution in [-0.4, -0.2) is 33.3 Å². The van der Waals surface area contributed by atoms with Gasteiger partial charge in [-0.25, -0.2) is 9.37 Å². The minimum absolute atomic E-state index is 0.275. The Morgan fingerprint density at radius 3 is 2.77 bits per heavy atom. The fraction of sp³-hybridized carbons (Fsp3) is 0.292. The number of anilines is 1. The Labute approximate surface area is 175 Å². The van der Waals surface area contributed by atoms with Gasteiger partial charge in [-0.1, -0.05) is 24.8 Å². The first-order valence-corrected chi connectivity index (χ1v) is 9.88. The third-order valence-corrected chi connectivity index (χ3v) is 5.11. The molecular formula is C24H26FN3O2. The summed E-state index contributed by atoms with van der Waals surface area (Å²) < 4.78 is 13.0. The molecule has 1 fully saturated rings. The smallest absolute Gasteiger partial charge is 0.231 e. The maximum atomic E-state index is 13.0. The van der Waals surface area contributed by atoms with E-state index in [1.165, 1.54) is 0 Å². The largest absolute Gasteiger partial charge is 0.388 e. The van der Waals surface area contributed by atoms with Crippen LogP contribution < -0.4 is 5.32 Å². The molecule has 1 saturated carbocycles. The van der Waals surface area contributed by atoms with Gasteiger partial charge in [0.05, 0.1) is 17.5 Å². The van der Waals surface area contributed by atoms with Gasteiger partial charge in [0, 0.05) is 29.4 Å². The third-order valence-electron chi connectivity index (χ3n) is 5.11. The number of aromatic nitrogens is 2. The first kappa shape index (κ1) is 21.6. The number of carbonyl (C=O) groups is 1. The summed E-state index contributed by atoms with van der Waals surface area (Å²) in [5.74, 6) is -0.548. The van der Waals surface area contributed by atoms with E-state index in [0.717, 1.165) is 22.1 Å². The van der Waals surface area contributed by atoms with Crippen LogP contribution in [-0.2, 0) is 4.79 Å². The monoisotopic (exact) mass is 407 g/mol. The first-order valence-electron chi connectivity index (χ1n) is 9.88. The highest BCUT2D eigenvalue weighted by atomic mass is 19.1. The van der Waals surface area contributed by atoms with E-state index in [-0.39, 0.29) is 12.3 Å². The number of nitrogens with zero attached hydrogens (tertiary/aromatic N) is 2. The van der Waals surface area contributed by atoms with Gasteiger partial charge in [0.2, 0.25) is 5.91 Å². The topological polar surface area (TPSA) is 75.1 Å². The zero-order valence-electron chi connectivity index (χ0n) is 17.2. The van der Waals surface area contributed by atoms with Gasteiger partial charge in [0.15, 0.2) is 0 Å². The SMILES string of the molecule is C=CCC(O)C(=C)/C=C(C)\C(=C/C)c1cnc2cc(NC(=O)C3CC3F)ncc2c1. The molecule has 2 aromatic rings. The van der Waals surface area contributed by atoms with Gasteiger partial charge < -0.3 is 10.4 Å². The summed E-state index contributed by atoms with van der Waals surface area (Å²) >= 11 is 0. The fourth-order valence-corrected chi connectivity index (χ4v) is 3.28. The van der Waals surface area contributed by atoms with Crippen molar-refractivity contribution in [3.05, 3.63) is 72.6 Å². The first-order chi connectivity index (χ1) is 14.3. The molecule has 30 heavy (non-hydrogen) atoms. The Hall–Kier alpha value is -3.12. The standard InChI is InChI=1S/C24H26FN3O2/c1-5-7-22(29)15(4)8-14(3)18(6-2)16-9-17-13-27-23(11-21(17)26-12-16)28-24(30)19-10-20(19)25/h5-6,8-9,11-13,19-20,22,29H,1,4,7,10H2,2-3H3,(H,27,28,30)/b14-8-,18-6+. The molecule has 5 nitrogen and oxygen atoms in total. The second kappa shape index (κ2) is 9.13. The molecule has 156 valence electrons. The van der Waals surface area contributed by atoms with Crippen LogP contribution in [0.2, 0.25) is 0 Å². The van der Waals surface area contributed by atoms with E-state index in [4.69, 9.17) is 0 Å². The predicted molar refractivity (Wildman–Crippen MR) is 119 cm³/mol. The number of nitrogens with one attached hydrogen (secondary N) is 1. The van der Waals surface area contributed by atoms with Crippen molar-refractivity contribution in [3.8, 4) is 0 Å². The van der Waals surface area contributed by atoms with Crippen LogP contribution in [0, 0.1) is 5.92 Å². The molecule has 0 radical (unpaired) electrons. The van der Waals surface area contributed by atoms with E-state index in [1.54, 1.807) is 24.5 Å². The molecule has 6 heteroatoms. The number of carbonyl (C=O) groups excluding carboxylic acids is 1. The molecule has 0 aromatic carbocycles. The summed E-state index contributed by atoms with van der Waals surface area (Å²) in [6, 6.07) is 3.65. The van der Waals surface area contributed by atoms with E-state index < -0.39 is 18.2 Å². The predicted octanol–water partition coefficient (Wildman–Crippen LogP) is 4.77. The summed E-state index contributed by atoms with van der Waals surface area (Å²) in [4.78, 5) is 20.7. The molecule has 1 aliphatic carbocycles. The number of pyridine rings is 2. The molecule has 0 spiro atoms. The highest BCUT2D eigenvalue weighted by molar-refractivity contribution is 5.95. The van der Waals surface area contributed by atoms with E-state index in [1.807, 2.05) is 32.1 Å². The van der Waals surface area contributed by atoms with Gasteiger partial charge >= 0.3 is 0 Å². The number of fused-ring (bicyclic) bond motifs is 1. The molecule has 0 aliphatic heterocycles. The zero-order chi connectivity index (χ0) is 21.8. The lowest BCUT2D eigenvalue weighted by Crippen LogP contribution is -2.15. The van der Waals surface area contributed by atoms with Gasteiger partial charge in [-0.2, -0.15) is 0 Å². The van der Waals surface area contributed by atoms with Crippen molar-refractivity contribution in [2.75, 3.05) is 5.32 Å². The molecular weight excluding hydrogens is 381 g/mol. The Balaban J connectivity index is 1.81. The van der Waals surface area contributed by atoms with Gasteiger partial charge in [-0.15, -0.1) is 6.58 Å². The van der Waals surface area contributed by atoms with Crippen LogP contribution in [0.5, 0.6) is 0 Å². The second-order valence-electron chi connectivity index (χ2n) is 7.48. The van der Waals surface area contributed by atoms with Gasteiger partial charge in [0.25, 0.3) is 0 Å². The van der Waals surface area contributed by atoms with Crippen LogP contribution in [0.25, 0.3) is 16.5 Å². The van der Waals surface area contributed by atoms with Crippen LogP contribution >= 0.6 is 0 Å². The quantitative estimate of drug-likeness (QED) is 0.488. The summed E-state index contributed by atoms with van der Waals surface area (Å²) in [7, 11) is 0. The third kappa shape index (κ3) is 4.89. The maximum Gasteiger partial charge on any atom is 0.231 e. The average Bonchev–Trinajstić information content (AvgIpc) is 3.45. The Kier molecular flexibility index (Phi) is 6.57. The van der Waals surface area contributed by atoms with Crippen molar-refractivity contribution in [2.24, 2.45) is 5.92 Å². The lowest BCUT2D eigenvalue weighted by atomic mass is 9.96. The number of halogens is 1. The molecule has 3 atom stereocenters. The Bertz CT molecular complexity index is 1060. The molecule has 1 amide bonds. The van der Waals surface area contributed by atoms with Crippen LogP contribution in [0.3, 0.4) is 0 Å². The highest BCUT2D eigenvalue weighted by Gasteiger charge is 2.43. The lowest BCUT2D eigenvalue weighted by Gasteiger charge is -2.13. The highest BCUT2D eigenvalue weighted by Crippen LogP contribution is 2.34. The van der Waals surface area contributed by atoms with E-state index in [0.29, 0.717) is 23.3 Å². The number of aliphatic hydroxyl groups is 1. The number of hydrogen-bond acceptors (Lipinski definition) is 4. The van der Waals surface area contributed by atoms with E-state index in [2.05, 4.69) is 28.4 Å². The average molecular weight is 407 g/mol. The minimum Gasteiger partial charge on any atom is -0.388 e. The van der Waals surface area contributed by atoms with Crippen molar-refractivity contribution in [1.29, 1.82) is 0 Å².